The second-order valence-electron chi connectivity index (χ2n) is 5.74. The van der Waals surface area contributed by atoms with Crippen molar-refractivity contribution < 1.29 is 4.79 Å². The van der Waals surface area contributed by atoms with Gasteiger partial charge < -0.3 is 10.2 Å². The van der Waals surface area contributed by atoms with E-state index in [-0.39, 0.29) is 5.91 Å². The quantitative estimate of drug-likeness (QED) is 0.702. The molecular formula is C20H19ClN4O. The Balaban J connectivity index is 1.69. The number of halogens is 1. The number of hydrogen-bond acceptors (Lipinski definition) is 4. The predicted molar refractivity (Wildman–Crippen MR) is 105 cm³/mol. The van der Waals surface area contributed by atoms with Gasteiger partial charge in [0.1, 0.15) is 0 Å². The van der Waals surface area contributed by atoms with E-state index in [9.17, 15) is 4.79 Å². The molecule has 1 aromatic heterocycles. The molecule has 3 rings (SSSR count). The summed E-state index contributed by atoms with van der Waals surface area (Å²) in [6.45, 7) is 3.53. The zero-order valence-corrected chi connectivity index (χ0v) is 15.1. The minimum Gasteiger partial charge on any atom is -0.337 e. The number of rotatable bonds is 6. The van der Waals surface area contributed by atoms with Gasteiger partial charge in [0, 0.05) is 36.2 Å². The van der Waals surface area contributed by atoms with Crippen LogP contribution in [-0.4, -0.2) is 22.4 Å². The van der Waals surface area contributed by atoms with Crippen LogP contribution in [0.25, 0.3) is 0 Å². The first-order chi connectivity index (χ1) is 12.7. The summed E-state index contributed by atoms with van der Waals surface area (Å²) in [6.07, 6.45) is 3.08. The van der Waals surface area contributed by atoms with Crippen molar-refractivity contribution in [2.45, 2.75) is 13.5 Å². The number of anilines is 2. The lowest BCUT2D eigenvalue weighted by Crippen LogP contribution is -2.24. The van der Waals surface area contributed by atoms with E-state index in [4.69, 9.17) is 11.6 Å². The van der Waals surface area contributed by atoms with E-state index in [2.05, 4.69) is 27.4 Å². The third-order valence-electron chi connectivity index (χ3n) is 3.86. The van der Waals surface area contributed by atoms with Crippen LogP contribution >= 0.6 is 11.6 Å². The van der Waals surface area contributed by atoms with Gasteiger partial charge in [0.2, 0.25) is 5.95 Å². The standard InChI is InChI=1S/C20H19ClN4O/c1-2-25(14-15-7-4-3-5-8-15)20-22-12-16(13-23-20)19(26)24-18-10-6-9-17(21)11-18/h3-13H,2,14H2,1H3,(H,24,26). The van der Waals surface area contributed by atoms with E-state index < -0.39 is 0 Å². The van der Waals surface area contributed by atoms with Crippen LogP contribution in [0, 0.1) is 0 Å². The van der Waals surface area contributed by atoms with E-state index >= 15 is 0 Å². The molecular weight excluding hydrogens is 348 g/mol. The molecule has 0 saturated carbocycles. The molecule has 0 fully saturated rings. The minimum atomic E-state index is -0.273. The molecule has 0 aliphatic rings. The summed E-state index contributed by atoms with van der Waals surface area (Å²) in [5.74, 6) is 0.320. The Morgan fingerprint density at radius 2 is 1.81 bits per heavy atom. The van der Waals surface area contributed by atoms with Crippen molar-refractivity contribution in [3.8, 4) is 0 Å². The number of benzene rings is 2. The monoisotopic (exact) mass is 366 g/mol. The summed E-state index contributed by atoms with van der Waals surface area (Å²) >= 11 is 5.93. The van der Waals surface area contributed by atoms with E-state index in [0.717, 1.165) is 6.54 Å². The van der Waals surface area contributed by atoms with E-state index in [1.807, 2.05) is 30.0 Å². The first kappa shape index (κ1) is 17.9. The second-order valence-corrected chi connectivity index (χ2v) is 6.17. The smallest absolute Gasteiger partial charge is 0.258 e. The largest absolute Gasteiger partial charge is 0.337 e. The summed E-state index contributed by atoms with van der Waals surface area (Å²) in [5, 5.41) is 3.35. The fourth-order valence-corrected chi connectivity index (χ4v) is 2.69. The van der Waals surface area contributed by atoms with Crippen molar-refractivity contribution in [1.29, 1.82) is 0 Å². The Morgan fingerprint density at radius 3 is 2.46 bits per heavy atom. The summed E-state index contributed by atoms with van der Waals surface area (Å²) in [4.78, 5) is 23.1. The van der Waals surface area contributed by atoms with Crippen molar-refractivity contribution in [3.63, 3.8) is 0 Å². The molecule has 0 atom stereocenters. The SMILES string of the molecule is CCN(Cc1ccccc1)c1ncc(C(=O)Nc2cccc(Cl)c2)cn1. The van der Waals surface area contributed by atoms with Crippen molar-refractivity contribution in [3.05, 3.63) is 83.1 Å². The maximum atomic E-state index is 12.3. The Morgan fingerprint density at radius 1 is 1.08 bits per heavy atom. The molecule has 1 N–H and O–H groups in total. The number of nitrogens with zero attached hydrogens (tertiary/aromatic N) is 3. The van der Waals surface area contributed by atoms with E-state index in [1.165, 1.54) is 18.0 Å². The maximum absolute atomic E-state index is 12.3. The molecule has 2 aromatic carbocycles. The second kappa shape index (κ2) is 8.45. The summed E-state index contributed by atoms with van der Waals surface area (Å²) < 4.78 is 0. The number of amides is 1. The third-order valence-corrected chi connectivity index (χ3v) is 4.10. The Hall–Kier alpha value is -2.92. The van der Waals surface area contributed by atoms with E-state index in [1.54, 1.807) is 24.3 Å². The molecule has 26 heavy (non-hydrogen) atoms. The Labute approximate surface area is 157 Å². The molecule has 0 bridgehead atoms. The van der Waals surface area contributed by atoms with Crippen molar-refractivity contribution in [1.82, 2.24) is 9.97 Å². The molecule has 1 heterocycles. The van der Waals surface area contributed by atoms with Crippen LogP contribution < -0.4 is 10.2 Å². The Kier molecular flexibility index (Phi) is 5.81. The number of carbonyl (C=O) groups is 1. The summed E-state index contributed by atoms with van der Waals surface area (Å²) in [7, 11) is 0. The number of nitrogens with one attached hydrogen (secondary N) is 1. The Bertz CT molecular complexity index is 868. The average Bonchev–Trinajstić information content (AvgIpc) is 2.67. The first-order valence-electron chi connectivity index (χ1n) is 8.33. The molecule has 132 valence electrons. The van der Waals surface area contributed by atoms with Crippen LogP contribution in [-0.2, 0) is 6.54 Å². The third kappa shape index (κ3) is 4.58. The van der Waals surface area contributed by atoms with Gasteiger partial charge in [-0.1, -0.05) is 48.0 Å². The van der Waals surface area contributed by atoms with Gasteiger partial charge in [-0.25, -0.2) is 9.97 Å². The zero-order valence-electron chi connectivity index (χ0n) is 14.4. The molecule has 0 spiro atoms. The van der Waals surface area contributed by atoms with Crippen molar-refractivity contribution in [2.24, 2.45) is 0 Å². The van der Waals surface area contributed by atoms with Crippen LogP contribution in [0.1, 0.15) is 22.8 Å². The molecule has 3 aromatic rings. The number of hydrogen-bond donors (Lipinski definition) is 1. The molecule has 0 radical (unpaired) electrons. The molecule has 0 aliphatic carbocycles. The molecule has 5 nitrogen and oxygen atoms in total. The van der Waals surface area contributed by atoms with Crippen LogP contribution in [0.3, 0.4) is 0 Å². The lowest BCUT2D eigenvalue weighted by atomic mass is 10.2. The molecule has 0 unspecified atom stereocenters. The number of aromatic nitrogens is 2. The topological polar surface area (TPSA) is 58.1 Å². The van der Waals surface area contributed by atoms with Gasteiger partial charge in [0.15, 0.2) is 0 Å². The number of carbonyl (C=O) groups excluding carboxylic acids is 1. The zero-order chi connectivity index (χ0) is 18.4. The summed E-state index contributed by atoms with van der Waals surface area (Å²) in [6, 6.07) is 17.1. The van der Waals surface area contributed by atoms with Crippen LogP contribution in [0.5, 0.6) is 0 Å². The lowest BCUT2D eigenvalue weighted by molar-refractivity contribution is 0.102. The van der Waals surface area contributed by atoms with Crippen LogP contribution in [0.15, 0.2) is 67.0 Å². The molecule has 0 aliphatic heterocycles. The van der Waals surface area contributed by atoms with Crippen LogP contribution in [0.4, 0.5) is 11.6 Å². The highest BCUT2D eigenvalue weighted by Gasteiger charge is 2.11. The maximum Gasteiger partial charge on any atom is 0.258 e. The fraction of sp³-hybridized carbons (Fsp3) is 0.150. The van der Waals surface area contributed by atoms with Gasteiger partial charge in [-0.05, 0) is 30.7 Å². The van der Waals surface area contributed by atoms with Crippen molar-refractivity contribution >= 4 is 29.1 Å². The van der Waals surface area contributed by atoms with Crippen molar-refractivity contribution in [2.75, 3.05) is 16.8 Å². The first-order valence-corrected chi connectivity index (χ1v) is 8.71. The predicted octanol–water partition coefficient (Wildman–Crippen LogP) is 4.41. The van der Waals surface area contributed by atoms with E-state index in [0.29, 0.717) is 28.8 Å². The molecule has 0 saturated heterocycles. The minimum absolute atomic E-state index is 0.273. The van der Waals surface area contributed by atoms with Gasteiger partial charge in [-0.3, -0.25) is 4.79 Å². The average molecular weight is 367 g/mol. The lowest BCUT2D eigenvalue weighted by Gasteiger charge is -2.20. The molecule has 6 heteroatoms. The van der Waals surface area contributed by atoms with Crippen LogP contribution in [0.2, 0.25) is 5.02 Å². The van der Waals surface area contributed by atoms with Gasteiger partial charge in [-0.2, -0.15) is 0 Å². The van der Waals surface area contributed by atoms with Gasteiger partial charge >= 0.3 is 0 Å². The van der Waals surface area contributed by atoms with Gasteiger partial charge in [0.05, 0.1) is 5.56 Å². The van der Waals surface area contributed by atoms with Gasteiger partial charge in [-0.15, -0.1) is 0 Å². The van der Waals surface area contributed by atoms with Gasteiger partial charge in [0.25, 0.3) is 5.91 Å². The normalized spacial score (nSPS) is 10.4. The molecule has 1 amide bonds. The fourth-order valence-electron chi connectivity index (χ4n) is 2.50. The highest BCUT2D eigenvalue weighted by Crippen LogP contribution is 2.16. The highest BCUT2D eigenvalue weighted by molar-refractivity contribution is 6.30. The summed E-state index contributed by atoms with van der Waals surface area (Å²) in [5.41, 5.74) is 2.20. The highest BCUT2D eigenvalue weighted by atomic mass is 35.5.